The monoisotopic (exact) mass is 657 g/mol. The Hall–Kier alpha value is -2.25. The zero-order chi connectivity index (χ0) is 28.6. The number of halogens is 7. The highest BCUT2D eigenvalue weighted by molar-refractivity contribution is 6.40. The molecule has 0 fully saturated rings. The van der Waals surface area contributed by atoms with Crippen molar-refractivity contribution in [1.82, 2.24) is 0 Å². The first-order chi connectivity index (χ1) is 19.2. The van der Waals surface area contributed by atoms with Crippen LogP contribution < -0.4 is 15.2 Å². The van der Waals surface area contributed by atoms with Crippen LogP contribution in [0.25, 0.3) is 22.3 Å². The molecular weight excluding hydrogens is 634 g/mol. The van der Waals surface area contributed by atoms with Gasteiger partial charge in [-0.25, -0.2) is 8.78 Å². The quantitative estimate of drug-likeness (QED) is 0.237. The van der Waals surface area contributed by atoms with Crippen LogP contribution in [0.2, 0.25) is 20.1 Å². The average molecular weight is 660 g/mol. The van der Waals surface area contributed by atoms with Gasteiger partial charge < -0.3 is 15.2 Å². The van der Waals surface area contributed by atoms with Gasteiger partial charge in [0.05, 0.1) is 20.1 Å². The Labute approximate surface area is 263 Å². The number of hydrogen-bond donors (Lipinski definition) is 1. The van der Waals surface area contributed by atoms with E-state index in [0.29, 0.717) is 66.8 Å². The molecule has 0 radical (unpaired) electrons. The molecule has 6 rings (SSSR count). The Balaban J connectivity index is 0.000000184. The fourth-order valence-electron chi connectivity index (χ4n) is 5.03. The fraction of sp³-hybridized carbons (Fsp3) is 0.226. The lowest BCUT2D eigenvalue weighted by Gasteiger charge is -2.13. The number of nitrogens with two attached hydrogens (primary N) is 1. The normalized spacial score (nSPS) is 16.5. The Bertz CT molecular complexity index is 1430. The van der Waals surface area contributed by atoms with Crippen molar-refractivity contribution in [2.45, 2.75) is 38.4 Å². The first kappa shape index (κ1) is 31.7. The van der Waals surface area contributed by atoms with Crippen LogP contribution in [0.5, 0.6) is 11.5 Å². The molecule has 2 aliphatic heterocycles. The maximum atomic E-state index is 13.9. The van der Waals surface area contributed by atoms with Crippen molar-refractivity contribution in [3.8, 4) is 33.8 Å². The van der Waals surface area contributed by atoms with Gasteiger partial charge in [0.2, 0.25) is 0 Å². The van der Waals surface area contributed by atoms with Crippen molar-refractivity contribution in [1.29, 1.82) is 0 Å². The van der Waals surface area contributed by atoms with E-state index in [1.807, 2.05) is 0 Å². The van der Waals surface area contributed by atoms with Crippen LogP contribution in [0.1, 0.15) is 24.5 Å². The first-order valence-corrected chi connectivity index (χ1v) is 14.3. The summed E-state index contributed by atoms with van der Waals surface area (Å²) in [5.74, 6) is 0.691. The summed E-state index contributed by atoms with van der Waals surface area (Å²) in [4.78, 5) is 0. The molecule has 0 saturated heterocycles. The van der Waals surface area contributed by atoms with Gasteiger partial charge in [-0.1, -0.05) is 65.5 Å². The summed E-state index contributed by atoms with van der Waals surface area (Å²) in [5.41, 5.74) is 9.73. The highest BCUT2D eigenvalue weighted by Crippen LogP contribution is 2.46. The summed E-state index contributed by atoms with van der Waals surface area (Å²) >= 11 is 24.9. The van der Waals surface area contributed by atoms with E-state index in [1.54, 1.807) is 36.4 Å². The summed E-state index contributed by atoms with van der Waals surface area (Å²) in [7, 11) is 0. The topological polar surface area (TPSA) is 44.5 Å². The van der Waals surface area contributed by atoms with Crippen LogP contribution in [0.15, 0.2) is 60.7 Å². The summed E-state index contributed by atoms with van der Waals surface area (Å²) < 4.78 is 39.4. The highest BCUT2D eigenvalue weighted by Gasteiger charge is 2.28. The minimum Gasteiger partial charge on any atom is -0.489 e. The average Bonchev–Trinajstić information content (AvgIpc) is 3.52. The van der Waals surface area contributed by atoms with Crippen molar-refractivity contribution >= 4 is 58.8 Å². The zero-order valence-electron chi connectivity index (χ0n) is 21.8. The van der Waals surface area contributed by atoms with Crippen LogP contribution in [-0.2, 0) is 12.8 Å². The number of ether oxygens (including phenoxy) is 2. The van der Waals surface area contributed by atoms with Gasteiger partial charge in [0.15, 0.2) is 0 Å². The number of hydrogen-bond acceptors (Lipinski definition) is 3. The Kier molecular flexibility index (Phi) is 10.3. The van der Waals surface area contributed by atoms with E-state index in [2.05, 4.69) is 6.92 Å². The van der Waals surface area contributed by atoms with Crippen molar-refractivity contribution in [2.24, 2.45) is 5.73 Å². The van der Waals surface area contributed by atoms with Gasteiger partial charge in [0.1, 0.15) is 35.3 Å². The van der Waals surface area contributed by atoms with E-state index in [1.165, 1.54) is 24.3 Å². The molecular formula is C31H26Cl5F2NO2. The molecule has 216 valence electrons. The van der Waals surface area contributed by atoms with E-state index < -0.39 is 0 Å². The second-order valence-electron chi connectivity index (χ2n) is 9.61. The number of rotatable bonds is 4. The SMILES string of the molecule is CC[C@H]1Cc2cc(F)cc(-c3c(Cl)cccc3Cl)c2O1.Cl.NC[C@H]1Cc2cc(F)cc(-c3c(Cl)cccc3Cl)c2O1. The minimum absolute atomic E-state index is 0. The molecule has 41 heavy (non-hydrogen) atoms. The summed E-state index contributed by atoms with van der Waals surface area (Å²) in [6, 6.07) is 16.3. The molecule has 0 bridgehead atoms. The summed E-state index contributed by atoms with van der Waals surface area (Å²) in [6.45, 7) is 2.43. The Morgan fingerprint density at radius 1 is 0.707 bits per heavy atom. The first-order valence-electron chi connectivity index (χ1n) is 12.8. The van der Waals surface area contributed by atoms with E-state index in [-0.39, 0.29) is 36.2 Å². The maximum Gasteiger partial charge on any atom is 0.131 e. The molecule has 2 N–H and O–H groups in total. The largest absolute Gasteiger partial charge is 0.489 e. The van der Waals surface area contributed by atoms with Gasteiger partial charge >= 0.3 is 0 Å². The van der Waals surface area contributed by atoms with E-state index in [0.717, 1.165) is 24.0 Å². The molecule has 0 unspecified atom stereocenters. The molecule has 3 nitrogen and oxygen atoms in total. The van der Waals surface area contributed by atoms with Crippen molar-refractivity contribution < 1.29 is 18.3 Å². The third kappa shape index (κ3) is 6.56. The minimum atomic E-state index is -0.337. The molecule has 2 heterocycles. The van der Waals surface area contributed by atoms with E-state index in [4.69, 9.17) is 61.6 Å². The van der Waals surface area contributed by atoms with Crippen LogP contribution in [0.4, 0.5) is 8.78 Å². The van der Waals surface area contributed by atoms with E-state index >= 15 is 0 Å². The molecule has 0 spiro atoms. The fourth-order valence-corrected chi connectivity index (χ4v) is 6.23. The van der Waals surface area contributed by atoms with Crippen LogP contribution in [-0.4, -0.2) is 18.8 Å². The zero-order valence-corrected chi connectivity index (χ0v) is 25.7. The van der Waals surface area contributed by atoms with Gasteiger partial charge in [-0.3, -0.25) is 0 Å². The van der Waals surface area contributed by atoms with Gasteiger partial charge in [-0.15, -0.1) is 12.4 Å². The molecule has 4 aromatic rings. The van der Waals surface area contributed by atoms with Crippen molar-refractivity contribution in [3.05, 3.63) is 104 Å². The molecule has 0 aromatic heterocycles. The highest BCUT2D eigenvalue weighted by atomic mass is 35.5. The molecule has 0 saturated carbocycles. The predicted octanol–water partition coefficient (Wildman–Crippen LogP) is 10.00. The van der Waals surface area contributed by atoms with Crippen molar-refractivity contribution in [3.63, 3.8) is 0 Å². The Morgan fingerprint density at radius 3 is 1.49 bits per heavy atom. The second kappa shape index (κ2) is 13.4. The third-order valence-electron chi connectivity index (χ3n) is 6.91. The van der Waals surface area contributed by atoms with Gasteiger partial charge in [0, 0.05) is 52.8 Å². The van der Waals surface area contributed by atoms with Gasteiger partial charge in [0.25, 0.3) is 0 Å². The number of fused-ring (bicyclic) bond motifs is 2. The third-order valence-corrected chi connectivity index (χ3v) is 8.17. The lowest BCUT2D eigenvalue weighted by atomic mass is 10.00. The molecule has 2 atom stereocenters. The Morgan fingerprint density at radius 2 is 1.10 bits per heavy atom. The molecule has 10 heteroatoms. The predicted molar refractivity (Wildman–Crippen MR) is 167 cm³/mol. The molecule has 0 aliphatic carbocycles. The second-order valence-corrected chi connectivity index (χ2v) is 11.2. The maximum absolute atomic E-state index is 13.9. The van der Waals surface area contributed by atoms with Crippen LogP contribution in [0, 0.1) is 11.6 Å². The summed E-state index contributed by atoms with van der Waals surface area (Å²) in [6.07, 6.45) is 2.15. The van der Waals surface area contributed by atoms with Crippen molar-refractivity contribution in [2.75, 3.05) is 6.54 Å². The standard InChI is InChI=1S/C16H13Cl2FO.C15H12Cl2FNO.ClH/c1-2-11-7-9-6-10(19)8-12(16(9)20-11)15-13(17)4-3-5-14(15)18;16-12-2-1-3-13(17)14(12)11-6-9(18)4-8-5-10(7-19)20-15(8)11;/h3-6,8,11H,2,7H2,1H3;1-4,6,10H,5,7,19H2;1H/t11-;10-;/m01./s1. The van der Waals surface area contributed by atoms with Crippen LogP contribution in [0.3, 0.4) is 0 Å². The smallest absolute Gasteiger partial charge is 0.131 e. The summed E-state index contributed by atoms with van der Waals surface area (Å²) in [5, 5.41) is 1.91. The number of benzene rings is 4. The molecule has 0 amide bonds. The molecule has 2 aliphatic rings. The van der Waals surface area contributed by atoms with Gasteiger partial charge in [-0.05, 0) is 55.0 Å². The lowest BCUT2D eigenvalue weighted by molar-refractivity contribution is 0.229. The molecule has 4 aromatic carbocycles. The van der Waals surface area contributed by atoms with E-state index in [9.17, 15) is 8.78 Å². The van der Waals surface area contributed by atoms with Crippen LogP contribution >= 0.6 is 58.8 Å². The lowest BCUT2D eigenvalue weighted by Crippen LogP contribution is -2.24. The van der Waals surface area contributed by atoms with Gasteiger partial charge in [-0.2, -0.15) is 0 Å².